The van der Waals surface area contributed by atoms with Gasteiger partial charge in [0.15, 0.2) is 5.54 Å². The summed E-state index contributed by atoms with van der Waals surface area (Å²) in [6, 6.07) is 0. The molecule has 58 valence electrons. The molecule has 1 N–H and O–H groups in total. The second kappa shape index (κ2) is 1.87. The highest BCUT2D eigenvalue weighted by molar-refractivity contribution is 5.83. The summed E-state index contributed by atoms with van der Waals surface area (Å²) in [7, 11) is 0. The van der Waals surface area contributed by atoms with Crippen LogP contribution in [-0.2, 0) is 4.79 Å². The zero-order chi connectivity index (χ0) is 7.90. The molecule has 0 aromatic heterocycles. The maximum atomic E-state index is 10.9. The Hall–Kier alpha value is -1.25. The summed E-state index contributed by atoms with van der Waals surface area (Å²) in [5, 5.41) is 8.94. The molecule has 2 aliphatic heterocycles. The van der Waals surface area contributed by atoms with Crippen molar-refractivity contribution in [1.82, 2.24) is 4.90 Å². The minimum atomic E-state index is -0.753. The van der Waals surface area contributed by atoms with Gasteiger partial charge in [0.05, 0.1) is 0 Å². The number of nitrogens with zero attached hydrogens (tertiary/aromatic N) is 1. The molecule has 0 aromatic rings. The summed E-state index contributed by atoms with van der Waals surface area (Å²) >= 11 is 0. The van der Waals surface area contributed by atoms with Crippen LogP contribution in [-0.4, -0.2) is 28.1 Å². The first kappa shape index (κ1) is 6.46. The number of fused-ring (bicyclic) bond motifs is 1. The fourth-order valence-electron chi connectivity index (χ4n) is 1.64. The lowest BCUT2D eigenvalue weighted by molar-refractivity contribution is -0.145. The molecule has 2 heterocycles. The molecule has 0 aliphatic carbocycles. The normalized spacial score (nSPS) is 32.9. The first-order chi connectivity index (χ1) is 5.26. The predicted molar refractivity (Wildman–Crippen MR) is 40.0 cm³/mol. The summed E-state index contributed by atoms with van der Waals surface area (Å²) in [5.41, 5.74) is -0.736. The topological polar surface area (TPSA) is 40.5 Å². The van der Waals surface area contributed by atoms with Gasteiger partial charge in [0.25, 0.3) is 0 Å². The number of rotatable bonds is 1. The van der Waals surface area contributed by atoms with Gasteiger partial charge < -0.3 is 10.0 Å². The van der Waals surface area contributed by atoms with E-state index in [0.717, 1.165) is 6.54 Å². The molecule has 0 spiro atoms. The fraction of sp³-hybridized carbons (Fsp3) is 0.375. The monoisotopic (exact) mass is 151 g/mol. The highest BCUT2D eigenvalue weighted by Gasteiger charge is 2.44. The van der Waals surface area contributed by atoms with Gasteiger partial charge in [-0.3, -0.25) is 0 Å². The first-order valence-corrected chi connectivity index (χ1v) is 3.60. The second-order valence-electron chi connectivity index (χ2n) is 2.87. The number of carboxylic acids is 1. The molecule has 3 heteroatoms. The first-order valence-electron chi connectivity index (χ1n) is 3.60. The van der Waals surface area contributed by atoms with Crippen LogP contribution in [0.5, 0.6) is 0 Å². The van der Waals surface area contributed by atoms with Crippen molar-refractivity contribution in [3.05, 3.63) is 24.4 Å². The third kappa shape index (κ3) is 0.651. The summed E-state index contributed by atoms with van der Waals surface area (Å²) in [4.78, 5) is 12.7. The van der Waals surface area contributed by atoms with Gasteiger partial charge in [-0.05, 0) is 12.3 Å². The second-order valence-corrected chi connectivity index (χ2v) is 2.87. The molecule has 0 aromatic carbocycles. The van der Waals surface area contributed by atoms with Gasteiger partial charge in [0, 0.05) is 13.0 Å². The molecular weight excluding hydrogens is 142 g/mol. The molecular formula is C8H9NO2. The van der Waals surface area contributed by atoms with Crippen LogP contribution in [0.3, 0.4) is 0 Å². The van der Waals surface area contributed by atoms with Crippen LogP contribution in [0.4, 0.5) is 0 Å². The molecule has 1 atom stereocenters. The van der Waals surface area contributed by atoms with Crippen molar-refractivity contribution < 1.29 is 9.90 Å². The van der Waals surface area contributed by atoms with E-state index in [1.165, 1.54) is 0 Å². The Morgan fingerprint density at radius 3 is 3.00 bits per heavy atom. The molecule has 11 heavy (non-hydrogen) atoms. The molecule has 0 saturated carbocycles. The van der Waals surface area contributed by atoms with Gasteiger partial charge >= 0.3 is 5.97 Å². The smallest absolute Gasteiger partial charge is 0.333 e. The van der Waals surface area contributed by atoms with Crippen LogP contribution >= 0.6 is 0 Å². The Labute approximate surface area is 64.6 Å². The van der Waals surface area contributed by atoms with Crippen LogP contribution in [0.25, 0.3) is 0 Å². The maximum Gasteiger partial charge on any atom is 0.333 e. The zero-order valence-electron chi connectivity index (χ0n) is 6.03. The highest BCUT2D eigenvalue weighted by atomic mass is 16.4. The molecule has 0 fully saturated rings. The predicted octanol–water partition coefficient (Wildman–Crippen LogP) is 0.599. The van der Waals surface area contributed by atoms with Crippen molar-refractivity contribution in [2.24, 2.45) is 0 Å². The molecule has 2 rings (SSSR count). The van der Waals surface area contributed by atoms with Crippen molar-refractivity contribution in [2.75, 3.05) is 6.54 Å². The number of hydrogen-bond acceptors (Lipinski definition) is 2. The number of carboxylic acid groups (broad SMARTS) is 1. The average Bonchev–Trinajstić information content (AvgIpc) is 2.40. The van der Waals surface area contributed by atoms with E-state index in [9.17, 15) is 4.79 Å². The van der Waals surface area contributed by atoms with Crippen LogP contribution in [0.2, 0.25) is 0 Å². The van der Waals surface area contributed by atoms with Gasteiger partial charge in [0.1, 0.15) is 0 Å². The van der Waals surface area contributed by atoms with Gasteiger partial charge in [-0.1, -0.05) is 12.2 Å². The highest BCUT2D eigenvalue weighted by Crippen LogP contribution is 2.32. The molecule has 0 radical (unpaired) electrons. The molecule has 0 amide bonds. The third-order valence-corrected chi connectivity index (χ3v) is 2.29. The van der Waals surface area contributed by atoms with Gasteiger partial charge in [-0.25, -0.2) is 4.79 Å². The van der Waals surface area contributed by atoms with E-state index >= 15 is 0 Å². The number of aliphatic carboxylic acids is 1. The Balaban J connectivity index is 2.37. The third-order valence-electron chi connectivity index (χ3n) is 2.29. The largest absolute Gasteiger partial charge is 0.479 e. The van der Waals surface area contributed by atoms with Crippen LogP contribution in [0.15, 0.2) is 24.4 Å². The molecule has 2 aliphatic rings. The number of hydrogen-bond donors (Lipinski definition) is 1. The zero-order valence-corrected chi connectivity index (χ0v) is 6.03. The minimum absolute atomic E-state index is 0.596. The van der Waals surface area contributed by atoms with E-state index < -0.39 is 11.5 Å². The Morgan fingerprint density at radius 2 is 2.36 bits per heavy atom. The minimum Gasteiger partial charge on any atom is -0.479 e. The molecule has 0 saturated heterocycles. The van der Waals surface area contributed by atoms with Crippen LogP contribution in [0, 0.1) is 0 Å². The lowest BCUT2D eigenvalue weighted by Crippen LogP contribution is -2.44. The average molecular weight is 151 g/mol. The lowest BCUT2D eigenvalue weighted by Gasteiger charge is -2.27. The van der Waals surface area contributed by atoms with E-state index in [4.69, 9.17) is 5.11 Å². The molecule has 3 nitrogen and oxygen atoms in total. The summed E-state index contributed by atoms with van der Waals surface area (Å²) in [6.07, 6.45) is 8.03. The lowest BCUT2D eigenvalue weighted by atomic mass is 9.98. The SMILES string of the molecule is O=C(O)C12C=CCN1C=CC2. The van der Waals surface area contributed by atoms with E-state index in [2.05, 4.69) is 0 Å². The van der Waals surface area contributed by atoms with Crippen molar-refractivity contribution in [3.8, 4) is 0 Å². The summed E-state index contributed by atoms with van der Waals surface area (Å²) in [5.74, 6) is -0.753. The van der Waals surface area contributed by atoms with Crippen molar-refractivity contribution >= 4 is 5.97 Å². The summed E-state index contributed by atoms with van der Waals surface area (Å²) in [6.45, 7) is 0.725. The maximum absolute atomic E-state index is 10.9. The molecule has 0 bridgehead atoms. The Morgan fingerprint density at radius 1 is 1.55 bits per heavy atom. The van der Waals surface area contributed by atoms with Crippen molar-refractivity contribution in [1.29, 1.82) is 0 Å². The molecule has 1 unspecified atom stereocenters. The summed E-state index contributed by atoms with van der Waals surface area (Å²) < 4.78 is 0. The number of carbonyl (C=O) groups is 1. The van der Waals surface area contributed by atoms with Crippen molar-refractivity contribution in [3.63, 3.8) is 0 Å². The van der Waals surface area contributed by atoms with E-state index in [1.54, 1.807) is 6.08 Å². The Bertz CT molecular complexity index is 257. The van der Waals surface area contributed by atoms with Crippen LogP contribution < -0.4 is 0 Å². The standard InChI is InChI=1S/C8H9NO2/c10-7(11)8-3-1-5-9(8)6-2-4-8/h1-3,6H,4-5H2,(H,10,11). The van der Waals surface area contributed by atoms with E-state index in [0.29, 0.717) is 6.42 Å². The van der Waals surface area contributed by atoms with Crippen molar-refractivity contribution in [2.45, 2.75) is 12.0 Å². The van der Waals surface area contributed by atoms with Gasteiger partial charge in [-0.2, -0.15) is 0 Å². The fourth-order valence-corrected chi connectivity index (χ4v) is 1.64. The van der Waals surface area contributed by atoms with Crippen LogP contribution in [0.1, 0.15) is 6.42 Å². The van der Waals surface area contributed by atoms with E-state index in [1.807, 2.05) is 23.3 Å². The van der Waals surface area contributed by atoms with Gasteiger partial charge in [-0.15, -0.1) is 0 Å². The Kier molecular flexibility index (Phi) is 1.10. The van der Waals surface area contributed by atoms with Gasteiger partial charge in [0.2, 0.25) is 0 Å². The van der Waals surface area contributed by atoms with E-state index in [-0.39, 0.29) is 0 Å². The quantitative estimate of drug-likeness (QED) is 0.558.